The lowest BCUT2D eigenvalue weighted by atomic mass is 10.0. The molecular formula is C15H14ClNOS. The van der Waals surface area contributed by atoms with Gasteiger partial charge in [0.1, 0.15) is 5.75 Å². The molecule has 0 N–H and O–H groups in total. The first-order valence-electron chi connectivity index (χ1n) is 6.12. The van der Waals surface area contributed by atoms with Gasteiger partial charge in [-0.3, -0.25) is 0 Å². The monoisotopic (exact) mass is 291 g/mol. The first-order chi connectivity index (χ1) is 9.11. The maximum Gasteiger partial charge on any atom is 0.128 e. The van der Waals surface area contributed by atoms with E-state index in [1.165, 1.54) is 0 Å². The molecule has 0 saturated heterocycles. The number of nitrogens with zero attached hydrogens (tertiary/aromatic N) is 1. The van der Waals surface area contributed by atoms with Crippen LogP contribution < -0.4 is 4.74 Å². The van der Waals surface area contributed by atoms with Gasteiger partial charge in [0.25, 0.3) is 0 Å². The van der Waals surface area contributed by atoms with Crippen molar-refractivity contribution in [3.63, 3.8) is 0 Å². The lowest BCUT2D eigenvalue weighted by Gasteiger charge is -2.12. The number of aryl methyl sites for hydroxylation is 1. The Hall–Kier alpha value is -1.32. The predicted molar refractivity (Wildman–Crippen MR) is 82.7 cm³/mol. The largest absolute Gasteiger partial charge is 0.496 e. The Morgan fingerprint density at radius 2 is 2.16 bits per heavy atom. The zero-order chi connectivity index (χ0) is 13.6. The Bertz CT molecular complexity index is 764. The van der Waals surface area contributed by atoms with Gasteiger partial charge < -0.3 is 4.74 Å². The second kappa shape index (κ2) is 4.66. The number of hydrogen-bond donors (Lipinski definition) is 0. The van der Waals surface area contributed by atoms with E-state index in [4.69, 9.17) is 16.3 Å². The van der Waals surface area contributed by atoms with Crippen molar-refractivity contribution in [3.05, 3.63) is 34.8 Å². The number of hydrogen-bond acceptors (Lipinski definition) is 3. The number of ether oxygens (including phenoxy) is 1. The lowest BCUT2D eigenvalue weighted by Crippen LogP contribution is -1.91. The Morgan fingerprint density at radius 1 is 1.37 bits per heavy atom. The minimum absolute atomic E-state index is 0.0546. The molecule has 0 spiro atoms. The van der Waals surface area contributed by atoms with Crippen molar-refractivity contribution in [1.82, 2.24) is 4.98 Å². The van der Waals surface area contributed by atoms with Crippen LogP contribution in [0.15, 0.2) is 24.3 Å². The summed E-state index contributed by atoms with van der Waals surface area (Å²) in [6, 6.07) is 8.20. The highest BCUT2D eigenvalue weighted by molar-refractivity contribution is 7.18. The van der Waals surface area contributed by atoms with Crippen molar-refractivity contribution in [2.24, 2.45) is 0 Å². The Balaban J connectivity index is 2.56. The summed E-state index contributed by atoms with van der Waals surface area (Å²) < 4.78 is 6.66. The molecule has 3 rings (SSSR count). The Labute approximate surface area is 121 Å². The fraction of sp³-hybridized carbons (Fsp3) is 0.267. The van der Waals surface area contributed by atoms with Crippen LogP contribution in [0.2, 0.25) is 0 Å². The highest BCUT2D eigenvalue weighted by Crippen LogP contribution is 2.40. The molecule has 0 fully saturated rings. The van der Waals surface area contributed by atoms with Crippen LogP contribution in [-0.4, -0.2) is 12.1 Å². The molecule has 0 bridgehead atoms. The van der Waals surface area contributed by atoms with Gasteiger partial charge in [0.2, 0.25) is 0 Å². The molecule has 0 amide bonds. The van der Waals surface area contributed by atoms with Crippen molar-refractivity contribution in [1.29, 1.82) is 0 Å². The molecule has 1 heterocycles. The quantitative estimate of drug-likeness (QED) is 0.615. The SMILES string of the molecule is COc1cc2sc(C)nc2c2c(C(C)Cl)cccc12. The van der Waals surface area contributed by atoms with Crippen molar-refractivity contribution in [2.45, 2.75) is 19.2 Å². The molecule has 0 aliphatic carbocycles. The van der Waals surface area contributed by atoms with Crippen LogP contribution in [0, 0.1) is 6.92 Å². The third-order valence-corrected chi connectivity index (χ3v) is 4.42. The summed E-state index contributed by atoms with van der Waals surface area (Å²) >= 11 is 8.00. The number of halogens is 1. The minimum Gasteiger partial charge on any atom is -0.496 e. The number of benzene rings is 2. The Morgan fingerprint density at radius 3 is 2.84 bits per heavy atom. The predicted octanol–water partition coefficient (Wildman–Crippen LogP) is 5.07. The number of alkyl halides is 1. The first kappa shape index (κ1) is 12.7. The van der Waals surface area contributed by atoms with Gasteiger partial charge in [-0.1, -0.05) is 18.2 Å². The third kappa shape index (κ3) is 1.97. The molecule has 2 aromatic carbocycles. The van der Waals surface area contributed by atoms with Crippen molar-refractivity contribution in [3.8, 4) is 5.75 Å². The maximum atomic E-state index is 6.32. The summed E-state index contributed by atoms with van der Waals surface area (Å²) in [6.07, 6.45) is 0. The Kier molecular flexibility index (Phi) is 3.11. The summed E-state index contributed by atoms with van der Waals surface area (Å²) in [6.45, 7) is 4.01. The number of methoxy groups -OCH3 is 1. The number of fused-ring (bicyclic) bond motifs is 3. The molecule has 1 atom stereocenters. The maximum absolute atomic E-state index is 6.32. The molecule has 0 radical (unpaired) electrons. The van der Waals surface area contributed by atoms with Gasteiger partial charge in [0.15, 0.2) is 0 Å². The molecule has 4 heteroatoms. The molecule has 0 saturated carbocycles. The van der Waals surface area contributed by atoms with Crippen LogP contribution in [0.1, 0.15) is 22.9 Å². The molecule has 2 nitrogen and oxygen atoms in total. The van der Waals surface area contributed by atoms with E-state index >= 15 is 0 Å². The summed E-state index contributed by atoms with van der Waals surface area (Å²) in [5, 5.41) is 3.19. The van der Waals surface area contributed by atoms with Crippen molar-refractivity contribution in [2.75, 3.05) is 7.11 Å². The average molecular weight is 292 g/mol. The molecule has 0 aliphatic heterocycles. The minimum atomic E-state index is -0.0546. The van der Waals surface area contributed by atoms with Gasteiger partial charge in [-0.05, 0) is 19.4 Å². The number of rotatable bonds is 2. The van der Waals surface area contributed by atoms with Gasteiger partial charge in [-0.15, -0.1) is 22.9 Å². The highest BCUT2D eigenvalue weighted by Gasteiger charge is 2.15. The van der Waals surface area contributed by atoms with Crippen LogP contribution in [0.4, 0.5) is 0 Å². The second-order valence-electron chi connectivity index (χ2n) is 4.54. The zero-order valence-electron chi connectivity index (χ0n) is 11.0. The van der Waals surface area contributed by atoms with Crippen LogP contribution in [0.3, 0.4) is 0 Å². The van der Waals surface area contributed by atoms with Crippen molar-refractivity contribution < 1.29 is 4.74 Å². The van der Waals surface area contributed by atoms with E-state index in [9.17, 15) is 0 Å². The topological polar surface area (TPSA) is 22.1 Å². The molecule has 19 heavy (non-hydrogen) atoms. The van der Waals surface area contributed by atoms with Gasteiger partial charge in [0, 0.05) is 16.8 Å². The summed E-state index contributed by atoms with van der Waals surface area (Å²) in [5.41, 5.74) is 2.13. The van der Waals surface area contributed by atoms with E-state index < -0.39 is 0 Å². The van der Waals surface area contributed by atoms with Gasteiger partial charge in [0.05, 0.1) is 27.7 Å². The van der Waals surface area contributed by atoms with Crippen LogP contribution >= 0.6 is 22.9 Å². The fourth-order valence-electron chi connectivity index (χ4n) is 2.46. The summed E-state index contributed by atoms with van der Waals surface area (Å²) in [7, 11) is 1.70. The molecule has 3 aromatic rings. The van der Waals surface area contributed by atoms with Gasteiger partial charge in [-0.2, -0.15) is 0 Å². The fourth-order valence-corrected chi connectivity index (χ4v) is 3.50. The van der Waals surface area contributed by atoms with Gasteiger partial charge >= 0.3 is 0 Å². The van der Waals surface area contributed by atoms with E-state index in [-0.39, 0.29) is 5.38 Å². The summed E-state index contributed by atoms with van der Waals surface area (Å²) in [5.74, 6) is 0.880. The van der Waals surface area contributed by atoms with Crippen LogP contribution in [0.5, 0.6) is 5.75 Å². The van der Waals surface area contributed by atoms with Crippen LogP contribution in [-0.2, 0) is 0 Å². The van der Waals surface area contributed by atoms with Crippen LogP contribution in [0.25, 0.3) is 21.0 Å². The third-order valence-electron chi connectivity index (χ3n) is 3.27. The number of thiazole rings is 1. The standard InChI is InChI=1S/C15H14ClNOS/c1-8(16)10-5-4-6-11-12(18-3)7-13-15(14(10)11)17-9(2)19-13/h4-8H,1-3H3. The molecule has 0 aliphatic rings. The molecule has 1 unspecified atom stereocenters. The second-order valence-corrected chi connectivity index (χ2v) is 6.43. The van der Waals surface area contributed by atoms with E-state index in [1.54, 1.807) is 18.4 Å². The van der Waals surface area contributed by atoms with E-state index in [1.807, 2.05) is 19.9 Å². The molecule has 1 aromatic heterocycles. The zero-order valence-corrected chi connectivity index (χ0v) is 12.6. The van der Waals surface area contributed by atoms with E-state index in [0.717, 1.165) is 37.3 Å². The normalized spacial score (nSPS) is 13.1. The number of aromatic nitrogens is 1. The highest BCUT2D eigenvalue weighted by atomic mass is 35.5. The van der Waals surface area contributed by atoms with Gasteiger partial charge in [-0.25, -0.2) is 4.98 Å². The summed E-state index contributed by atoms with van der Waals surface area (Å²) in [4.78, 5) is 4.66. The van der Waals surface area contributed by atoms with Crippen molar-refractivity contribution >= 4 is 43.9 Å². The molecular weight excluding hydrogens is 278 g/mol. The van der Waals surface area contributed by atoms with E-state index in [0.29, 0.717) is 0 Å². The molecule has 98 valence electrons. The van der Waals surface area contributed by atoms with E-state index in [2.05, 4.69) is 23.2 Å². The average Bonchev–Trinajstić information content (AvgIpc) is 2.77. The lowest BCUT2D eigenvalue weighted by molar-refractivity contribution is 0.420. The smallest absolute Gasteiger partial charge is 0.128 e. The first-order valence-corrected chi connectivity index (χ1v) is 7.38.